The number of aromatic hydroxyl groups is 1. The van der Waals surface area contributed by atoms with E-state index in [1.54, 1.807) is 6.92 Å². The van der Waals surface area contributed by atoms with Crippen LogP contribution in [0.3, 0.4) is 0 Å². The summed E-state index contributed by atoms with van der Waals surface area (Å²) in [5.41, 5.74) is -0.107. The molecule has 3 rings (SSSR count). The van der Waals surface area contributed by atoms with Crippen LogP contribution in [0.15, 0.2) is 36.5 Å². The van der Waals surface area contributed by atoms with E-state index in [2.05, 4.69) is 15.0 Å². The number of aromatic nitrogens is 1. The third-order valence-corrected chi connectivity index (χ3v) is 5.55. The summed E-state index contributed by atoms with van der Waals surface area (Å²) >= 11 is 0. The van der Waals surface area contributed by atoms with Crippen LogP contribution in [0.1, 0.15) is 42.7 Å². The first-order valence-electron chi connectivity index (χ1n) is 10.1. The minimum atomic E-state index is -4.78. The number of hydrogen-bond acceptors (Lipinski definition) is 7. The molecule has 1 aliphatic rings. The molecule has 178 valence electrons. The van der Waals surface area contributed by atoms with Crippen LogP contribution in [-0.4, -0.2) is 47.6 Å². The van der Waals surface area contributed by atoms with Gasteiger partial charge in [-0.2, -0.15) is 0 Å². The molecule has 0 radical (unpaired) electrons. The highest BCUT2D eigenvalue weighted by Gasteiger charge is 2.51. The molecular formula is C22H23F3N2O6. The number of pyridine rings is 1. The van der Waals surface area contributed by atoms with Crippen LogP contribution < -0.4 is 14.8 Å². The van der Waals surface area contributed by atoms with Crippen LogP contribution in [0.4, 0.5) is 13.2 Å². The number of benzene rings is 1. The maximum Gasteiger partial charge on any atom is 0.573 e. The number of rotatable bonds is 8. The van der Waals surface area contributed by atoms with Gasteiger partial charge in [0.2, 0.25) is 0 Å². The van der Waals surface area contributed by atoms with Gasteiger partial charge in [-0.25, -0.2) is 9.78 Å². The fourth-order valence-corrected chi connectivity index (χ4v) is 3.53. The van der Waals surface area contributed by atoms with Crippen LogP contribution in [0.25, 0.3) is 0 Å². The maximum atomic E-state index is 12.6. The molecule has 1 aromatic carbocycles. The molecule has 0 aliphatic heterocycles. The van der Waals surface area contributed by atoms with E-state index in [1.807, 2.05) is 0 Å². The van der Waals surface area contributed by atoms with Gasteiger partial charge in [-0.3, -0.25) is 4.79 Å². The zero-order chi connectivity index (χ0) is 24.4. The van der Waals surface area contributed by atoms with Crippen molar-refractivity contribution in [2.24, 2.45) is 0 Å². The molecule has 1 amide bonds. The van der Waals surface area contributed by atoms with Crippen molar-refractivity contribution in [1.82, 2.24) is 10.3 Å². The van der Waals surface area contributed by atoms with Crippen LogP contribution in [0.5, 0.6) is 17.2 Å². The van der Waals surface area contributed by atoms with Gasteiger partial charge in [0.05, 0.1) is 7.11 Å². The first-order chi connectivity index (χ1) is 15.5. The number of alkyl halides is 3. The summed E-state index contributed by atoms with van der Waals surface area (Å²) in [6, 6.07) is 5.79. The highest BCUT2D eigenvalue weighted by Crippen LogP contribution is 2.52. The second kappa shape index (κ2) is 9.16. The third kappa shape index (κ3) is 5.47. The number of esters is 1. The normalized spacial score (nSPS) is 16.3. The fourth-order valence-electron chi connectivity index (χ4n) is 3.53. The summed E-state index contributed by atoms with van der Waals surface area (Å²) in [5, 5.41) is 12.5. The zero-order valence-corrected chi connectivity index (χ0v) is 18.1. The van der Waals surface area contributed by atoms with E-state index in [-0.39, 0.29) is 17.2 Å². The number of carbonyl (C=O) groups is 2. The van der Waals surface area contributed by atoms with Crippen LogP contribution in [0, 0.1) is 0 Å². The Bertz CT molecular complexity index is 1020. The fraction of sp³-hybridized carbons (Fsp3) is 0.409. The van der Waals surface area contributed by atoms with Crippen molar-refractivity contribution in [3.8, 4) is 17.2 Å². The van der Waals surface area contributed by atoms with Crippen molar-refractivity contribution in [3.05, 3.63) is 47.8 Å². The highest BCUT2D eigenvalue weighted by molar-refractivity contribution is 5.97. The first kappa shape index (κ1) is 24.1. The van der Waals surface area contributed by atoms with E-state index in [0.29, 0.717) is 12.8 Å². The average Bonchev–Trinajstić information content (AvgIpc) is 3.55. The Balaban J connectivity index is 1.62. The van der Waals surface area contributed by atoms with Gasteiger partial charge in [0, 0.05) is 17.7 Å². The lowest BCUT2D eigenvalue weighted by Crippen LogP contribution is -2.42. The molecule has 2 atom stereocenters. The first-order valence-corrected chi connectivity index (χ1v) is 10.1. The van der Waals surface area contributed by atoms with E-state index < -0.39 is 41.5 Å². The Morgan fingerprint density at radius 1 is 1.15 bits per heavy atom. The molecule has 8 nitrogen and oxygen atoms in total. The van der Waals surface area contributed by atoms with E-state index in [0.717, 1.165) is 5.56 Å². The lowest BCUT2D eigenvalue weighted by atomic mass is 9.90. The van der Waals surface area contributed by atoms with Crippen molar-refractivity contribution < 1.29 is 42.1 Å². The quantitative estimate of drug-likeness (QED) is 0.572. The Hall–Kier alpha value is -3.50. The van der Waals surface area contributed by atoms with Gasteiger partial charge in [-0.15, -0.1) is 13.2 Å². The molecule has 1 saturated carbocycles. The van der Waals surface area contributed by atoms with Gasteiger partial charge >= 0.3 is 12.3 Å². The smallest absolute Gasteiger partial charge is 0.503 e. The maximum absolute atomic E-state index is 12.6. The molecule has 1 aliphatic carbocycles. The number of hydrogen-bond donors (Lipinski definition) is 2. The minimum Gasteiger partial charge on any atom is -0.503 e. The van der Waals surface area contributed by atoms with E-state index >= 15 is 0 Å². The number of halogens is 3. The summed E-state index contributed by atoms with van der Waals surface area (Å²) in [7, 11) is 1.32. The van der Waals surface area contributed by atoms with Crippen LogP contribution in [0.2, 0.25) is 0 Å². The van der Waals surface area contributed by atoms with Gasteiger partial charge in [0.25, 0.3) is 5.91 Å². The standard InChI is InChI=1S/C22H23F3N2O6/c1-12(27-19(29)17-18(28)16(31-3)8-11-26-17)20(30)32-13(2)21(9-10-21)14-4-6-15(7-5-14)33-22(23,24)25/h4-8,11-13,28H,9-10H2,1-3H3,(H,27,29). The van der Waals surface area contributed by atoms with Crippen LogP contribution >= 0.6 is 0 Å². The van der Waals surface area contributed by atoms with Crippen molar-refractivity contribution in [2.75, 3.05) is 7.11 Å². The predicted molar refractivity (Wildman–Crippen MR) is 109 cm³/mol. The second-order valence-electron chi connectivity index (χ2n) is 7.71. The number of amides is 1. The summed E-state index contributed by atoms with van der Waals surface area (Å²) in [6.45, 7) is 3.11. The topological polar surface area (TPSA) is 107 Å². The highest BCUT2D eigenvalue weighted by atomic mass is 19.4. The molecule has 2 N–H and O–H groups in total. The number of carbonyl (C=O) groups excluding carboxylic acids is 2. The Kier molecular flexibility index (Phi) is 6.71. The van der Waals surface area contributed by atoms with Gasteiger partial charge in [0.1, 0.15) is 17.9 Å². The minimum absolute atomic E-state index is 0.0568. The van der Waals surface area contributed by atoms with Crippen molar-refractivity contribution in [1.29, 1.82) is 0 Å². The Labute approximate surface area is 187 Å². The lowest BCUT2D eigenvalue weighted by molar-refractivity contribution is -0.274. The van der Waals surface area contributed by atoms with E-state index in [9.17, 15) is 27.9 Å². The van der Waals surface area contributed by atoms with Crippen molar-refractivity contribution in [2.45, 2.75) is 50.6 Å². The molecule has 2 unspecified atom stereocenters. The van der Waals surface area contributed by atoms with Gasteiger partial charge in [0.15, 0.2) is 17.2 Å². The van der Waals surface area contributed by atoms with Crippen molar-refractivity contribution >= 4 is 11.9 Å². The molecule has 0 saturated heterocycles. The number of nitrogens with one attached hydrogen (secondary N) is 1. The number of nitrogens with zero attached hydrogens (tertiary/aromatic N) is 1. The summed E-state index contributed by atoms with van der Waals surface area (Å²) in [4.78, 5) is 28.8. The van der Waals surface area contributed by atoms with Gasteiger partial charge < -0.3 is 24.6 Å². The molecule has 0 spiro atoms. The molecule has 0 bridgehead atoms. The Morgan fingerprint density at radius 2 is 1.79 bits per heavy atom. The Morgan fingerprint density at radius 3 is 2.33 bits per heavy atom. The molecule has 2 aromatic rings. The molecule has 1 fully saturated rings. The molecule has 1 heterocycles. The summed E-state index contributed by atoms with van der Waals surface area (Å²) < 4.78 is 51.4. The largest absolute Gasteiger partial charge is 0.573 e. The van der Waals surface area contributed by atoms with Gasteiger partial charge in [-0.05, 0) is 44.4 Å². The van der Waals surface area contributed by atoms with Gasteiger partial charge in [-0.1, -0.05) is 12.1 Å². The zero-order valence-electron chi connectivity index (χ0n) is 18.1. The molecule has 1 aromatic heterocycles. The predicted octanol–water partition coefficient (Wildman–Crippen LogP) is 3.48. The molecule has 11 heteroatoms. The average molecular weight is 468 g/mol. The second-order valence-corrected chi connectivity index (χ2v) is 7.71. The summed E-state index contributed by atoms with van der Waals surface area (Å²) in [6.07, 6.45) is -2.73. The van der Waals surface area contributed by atoms with Crippen LogP contribution in [-0.2, 0) is 14.9 Å². The number of ether oxygens (including phenoxy) is 3. The monoisotopic (exact) mass is 468 g/mol. The van der Waals surface area contributed by atoms with E-state index in [1.165, 1.54) is 50.6 Å². The lowest BCUT2D eigenvalue weighted by Gasteiger charge is -2.26. The SMILES string of the molecule is COc1ccnc(C(=O)NC(C)C(=O)OC(C)C2(c3ccc(OC(F)(F)F)cc3)CC2)c1O. The molecular weight excluding hydrogens is 445 g/mol. The third-order valence-electron chi connectivity index (χ3n) is 5.55. The van der Waals surface area contributed by atoms with Crippen molar-refractivity contribution in [3.63, 3.8) is 0 Å². The van der Waals surface area contributed by atoms with E-state index in [4.69, 9.17) is 9.47 Å². The summed E-state index contributed by atoms with van der Waals surface area (Å²) in [5.74, 6) is -2.23. The number of methoxy groups -OCH3 is 1. The molecule has 33 heavy (non-hydrogen) atoms.